The molecule has 3 N–H and O–H groups in total. The minimum Gasteiger partial charge on any atom is -0.444 e. The number of amides is 4. The van der Waals surface area contributed by atoms with E-state index in [0.717, 1.165) is 22.3 Å². The normalized spacial score (nSPS) is 23.9. The first-order chi connectivity index (χ1) is 24.8. The zero-order valence-electron chi connectivity index (χ0n) is 31.1. The standard InChI is InChI=1S/C39H49N5O8S/c1-8-13-23-21-39(23,35(47)43-53(49,50)25-18-19-25)41-33(45)30-20-24(22-44(30)34(46)32(37(2,3)4)40-36(48)51-38(5,6)7)52-42-31-28-16-11-9-14-26(28)27-15-10-12-17-29(27)31/h8-12,14-17,23-25,30,32H,1,13,18-22H2,2-7H3,(H,40,48)(H,41,45)(H,43,47)/t23-,24-,30+,32-,39-/m1/s1. The van der Waals surface area contributed by atoms with Crippen molar-refractivity contribution in [1.82, 2.24) is 20.3 Å². The average molecular weight is 748 g/mol. The van der Waals surface area contributed by atoms with Gasteiger partial charge in [-0.25, -0.2) is 13.2 Å². The predicted molar refractivity (Wildman–Crippen MR) is 199 cm³/mol. The number of oxime groups is 1. The highest BCUT2D eigenvalue weighted by molar-refractivity contribution is 7.91. The summed E-state index contributed by atoms with van der Waals surface area (Å²) in [7, 11) is -3.89. The van der Waals surface area contributed by atoms with Crippen LogP contribution < -0.4 is 15.4 Å². The van der Waals surface area contributed by atoms with Crippen molar-refractivity contribution in [2.45, 2.75) is 108 Å². The van der Waals surface area contributed by atoms with Crippen LogP contribution in [0.2, 0.25) is 0 Å². The molecule has 3 aliphatic carbocycles. The molecule has 1 heterocycles. The van der Waals surface area contributed by atoms with Gasteiger partial charge in [-0.3, -0.25) is 19.1 Å². The first kappa shape index (κ1) is 38.0. The lowest BCUT2D eigenvalue weighted by Gasteiger charge is -2.36. The molecule has 4 amide bonds. The molecule has 4 aliphatic rings. The minimum absolute atomic E-state index is 0.0190. The Labute approximate surface area is 311 Å². The van der Waals surface area contributed by atoms with E-state index in [2.05, 4.69) is 27.1 Å². The molecule has 13 nitrogen and oxygen atoms in total. The Morgan fingerprint density at radius 2 is 1.57 bits per heavy atom. The maximum atomic E-state index is 14.5. The molecular weight excluding hydrogens is 699 g/mol. The molecule has 3 fully saturated rings. The van der Waals surface area contributed by atoms with Crippen LogP contribution in [0.1, 0.15) is 84.8 Å². The number of nitrogens with one attached hydrogen (secondary N) is 3. The van der Waals surface area contributed by atoms with Gasteiger partial charge in [-0.2, -0.15) is 0 Å². The van der Waals surface area contributed by atoms with Crippen LogP contribution in [0.5, 0.6) is 0 Å². The molecule has 14 heteroatoms. The van der Waals surface area contributed by atoms with Crippen molar-refractivity contribution in [2.24, 2.45) is 16.5 Å². The molecule has 1 saturated heterocycles. The van der Waals surface area contributed by atoms with Crippen molar-refractivity contribution in [3.63, 3.8) is 0 Å². The van der Waals surface area contributed by atoms with Crippen LogP contribution in [-0.4, -0.2) is 84.0 Å². The topological polar surface area (TPSA) is 173 Å². The smallest absolute Gasteiger partial charge is 0.408 e. The molecular formula is C39H49N5O8S. The van der Waals surface area contributed by atoms with Crippen LogP contribution in [0.3, 0.4) is 0 Å². The Balaban J connectivity index is 1.29. The van der Waals surface area contributed by atoms with Gasteiger partial charge in [0.25, 0.3) is 5.91 Å². The van der Waals surface area contributed by atoms with Gasteiger partial charge in [0.15, 0.2) is 0 Å². The van der Waals surface area contributed by atoms with Gasteiger partial charge < -0.3 is 25.1 Å². The SMILES string of the molecule is C=CC[C@@H]1C[C@]1(NC(=O)[C@@H]1C[C@@H](ON=C2c3ccccc3-c3ccccc32)CN1C(=O)[C@@H](NC(=O)OC(C)(C)C)C(C)(C)C)C(=O)NS(=O)(=O)C1CC1. The van der Waals surface area contributed by atoms with E-state index in [1.54, 1.807) is 47.6 Å². The summed E-state index contributed by atoms with van der Waals surface area (Å²) in [5.41, 5.74) is 1.29. The lowest BCUT2D eigenvalue weighted by molar-refractivity contribution is -0.143. The summed E-state index contributed by atoms with van der Waals surface area (Å²) in [4.78, 5) is 62.9. The Hall–Kier alpha value is -4.72. The van der Waals surface area contributed by atoms with Gasteiger partial charge in [0.2, 0.25) is 21.8 Å². The van der Waals surface area contributed by atoms with Gasteiger partial charge in [-0.05, 0) is 68.9 Å². The van der Waals surface area contributed by atoms with Crippen molar-refractivity contribution >= 4 is 39.5 Å². The molecule has 2 saturated carbocycles. The summed E-state index contributed by atoms with van der Waals surface area (Å²) < 4.78 is 33.2. The number of alkyl carbamates (subject to hydrolysis) is 1. The van der Waals surface area contributed by atoms with Crippen molar-refractivity contribution in [1.29, 1.82) is 0 Å². The van der Waals surface area contributed by atoms with Crippen LogP contribution in [-0.2, 0) is 34.0 Å². The van der Waals surface area contributed by atoms with Crippen LogP contribution in [0.4, 0.5) is 4.79 Å². The maximum absolute atomic E-state index is 14.5. The highest BCUT2D eigenvalue weighted by Crippen LogP contribution is 2.47. The average Bonchev–Trinajstić information content (AvgIpc) is 3.98. The number of benzene rings is 2. The van der Waals surface area contributed by atoms with Crippen molar-refractivity contribution in [2.75, 3.05) is 6.54 Å². The number of likely N-dealkylation sites (tertiary alicyclic amines) is 1. The third-order valence-corrected chi connectivity index (χ3v) is 11.9. The number of carbonyl (C=O) groups excluding carboxylic acids is 4. The Bertz CT molecular complexity index is 1910. The quantitative estimate of drug-likeness (QED) is 0.191. The first-order valence-corrected chi connectivity index (χ1v) is 19.6. The Kier molecular flexibility index (Phi) is 9.99. The van der Waals surface area contributed by atoms with E-state index in [4.69, 9.17) is 9.57 Å². The number of nitrogens with zero attached hydrogens (tertiary/aromatic N) is 2. The zero-order valence-corrected chi connectivity index (χ0v) is 31.9. The first-order valence-electron chi connectivity index (χ1n) is 18.1. The molecule has 0 spiro atoms. The fraction of sp³-hybridized carbons (Fsp3) is 0.513. The number of allylic oxidation sites excluding steroid dienone is 1. The molecule has 2 aromatic rings. The third kappa shape index (κ3) is 7.97. The lowest BCUT2D eigenvalue weighted by Crippen LogP contribution is -2.60. The third-order valence-electron chi connectivity index (χ3n) is 10.1. The van der Waals surface area contributed by atoms with Crippen molar-refractivity contribution in [3.05, 3.63) is 72.3 Å². The van der Waals surface area contributed by atoms with E-state index in [9.17, 15) is 27.6 Å². The predicted octanol–water partition coefficient (Wildman–Crippen LogP) is 4.40. The van der Waals surface area contributed by atoms with Gasteiger partial charge in [0, 0.05) is 17.5 Å². The molecule has 0 bridgehead atoms. The van der Waals surface area contributed by atoms with Gasteiger partial charge >= 0.3 is 6.09 Å². The summed E-state index contributed by atoms with van der Waals surface area (Å²) in [5.74, 6) is -2.39. The summed E-state index contributed by atoms with van der Waals surface area (Å²) in [6.45, 7) is 14.2. The summed E-state index contributed by atoms with van der Waals surface area (Å²) in [6, 6.07) is 13.4. The second-order valence-corrected chi connectivity index (χ2v) is 18.5. The molecule has 53 heavy (non-hydrogen) atoms. The van der Waals surface area contributed by atoms with E-state index in [1.807, 2.05) is 48.5 Å². The Morgan fingerprint density at radius 1 is 0.981 bits per heavy atom. The van der Waals surface area contributed by atoms with E-state index in [-0.39, 0.29) is 25.3 Å². The second-order valence-electron chi connectivity index (χ2n) is 16.5. The number of ether oxygens (including phenoxy) is 1. The molecule has 0 unspecified atom stereocenters. The number of fused-ring (bicyclic) bond motifs is 3. The van der Waals surface area contributed by atoms with Crippen LogP contribution >= 0.6 is 0 Å². The summed E-state index contributed by atoms with van der Waals surface area (Å²) >= 11 is 0. The molecule has 1 aliphatic heterocycles. The number of hydrogen-bond donors (Lipinski definition) is 3. The fourth-order valence-corrected chi connectivity index (χ4v) is 8.48. The fourth-order valence-electron chi connectivity index (χ4n) is 7.11. The van der Waals surface area contributed by atoms with Crippen LogP contribution in [0.15, 0.2) is 66.3 Å². The maximum Gasteiger partial charge on any atom is 0.408 e. The molecule has 5 atom stereocenters. The van der Waals surface area contributed by atoms with Crippen molar-refractivity contribution in [3.8, 4) is 11.1 Å². The van der Waals surface area contributed by atoms with Crippen molar-refractivity contribution < 1.29 is 37.2 Å². The van der Waals surface area contributed by atoms with Crippen LogP contribution in [0.25, 0.3) is 11.1 Å². The molecule has 284 valence electrons. The molecule has 0 aromatic heterocycles. The van der Waals surface area contributed by atoms with E-state index >= 15 is 0 Å². The molecule has 6 rings (SSSR count). The number of hydrogen-bond acceptors (Lipinski definition) is 9. The van der Waals surface area contributed by atoms with Gasteiger partial charge in [0.1, 0.15) is 35.0 Å². The zero-order chi connectivity index (χ0) is 38.5. The molecule has 0 radical (unpaired) electrons. The number of sulfonamides is 1. The van der Waals surface area contributed by atoms with E-state index in [1.165, 1.54) is 4.90 Å². The Morgan fingerprint density at radius 3 is 2.09 bits per heavy atom. The van der Waals surface area contributed by atoms with Gasteiger partial charge in [-0.1, -0.05) is 80.5 Å². The lowest BCUT2D eigenvalue weighted by atomic mass is 9.85. The highest BCUT2D eigenvalue weighted by atomic mass is 32.2. The van der Waals surface area contributed by atoms with Crippen LogP contribution in [0, 0.1) is 11.3 Å². The second kappa shape index (κ2) is 13.9. The van der Waals surface area contributed by atoms with Gasteiger partial charge in [-0.15, -0.1) is 6.58 Å². The van der Waals surface area contributed by atoms with Gasteiger partial charge in [0.05, 0.1) is 11.8 Å². The van der Waals surface area contributed by atoms with E-state index in [0.29, 0.717) is 25.0 Å². The monoisotopic (exact) mass is 747 g/mol. The summed E-state index contributed by atoms with van der Waals surface area (Å²) in [6.07, 6.45) is 1.60. The summed E-state index contributed by atoms with van der Waals surface area (Å²) in [5, 5.41) is 9.51. The largest absolute Gasteiger partial charge is 0.444 e. The van der Waals surface area contributed by atoms with E-state index < -0.39 is 73.8 Å². The number of rotatable bonds is 11. The minimum atomic E-state index is -3.89. The molecule has 2 aromatic carbocycles. The number of carbonyl (C=O) groups is 4. The highest BCUT2D eigenvalue weighted by Gasteiger charge is 2.62.